The van der Waals surface area contributed by atoms with E-state index in [0.717, 1.165) is 17.0 Å². The summed E-state index contributed by atoms with van der Waals surface area (Å²) in [5, 5.41) is 9.77. The predicted octanol–water partition coefficient (Wildman–Crippen LogP) is 1.81. The lowest BCUT2D eigenvalue weighted by Crippen LogP contribution is -2.46. The quantitative estimate of drug-likeness (QED) is 0.332. The maximum atomic E-state index is 12.2. The normalized spacial score (nSPS) is 10.9. The smallest absolute Gasteiger partial charge is 0.420 e. The van der Waals surface area contributed by atoms with Gasteiger partial charge in [-0.05, 0) is 37.1 Å². The summed E-state index contributed by atoms with van der Waals surface area (Å²) in [4.78, 5) is 23.5. The van der Waals surface area contributed by atoms with E-state index in [2.05, 4.69) is 10.1 Å². The molecule has 0 fully saturated rings. The molecule has 0 spiro atoms. The number of carbonyl (C=O) groups is 2. The Morgan fingerprint density at radius 3 is 2.09 bits per heavy atom. The summed E-state index contributed by atoms with van der Waals surface area (Å²) in [5.41, 5.74) is 6.18. The summed E-state index contributed by atoms with van der Waals surface area (Å²) in [7, 11) is 1.34. The van der Waals surface area contributed by atoms with E-state index < -0.39 is 24.1 Å². The average Bonchev–Trinajstić information content (AvgIpc) is 2.40. The number of nitrogens with one attached hydrogen (secondary N) is 2. The van der Waals surface area contributed by atoms with Gasteiger partial charge >= 0.3 is 18.2 Å². The molecule has 0 aliphatic rings. The van der Waals surface area contributed by atoms with E-state index in [1.54, 1.807) is 0 Å². The third kappa shape index (κ3) is 4.11. The predicted molar refractivity (Wildman–Crippen MR) is 76.5 cm³/mol. The third-order valence-corrected chi connectivity index (χ3v) is 2.79. The van der Waals surface area contributed by atoms with Gasteiger partial charge in [0.15, 0.2) is 0 Å². The molecule has 0 saturated heterocycles. The molecule has 0 bridgehead atoms. The number of urea groups is 1. The van der Waals surface area contributed by atoms with Crippen molar-refractivity contribution >= 4 is 23.6 Å². The first kappa shape index (κ1) is 18.3. The van der Waals surface area contributed by atoms with Gasteiger partial charge in [-0.25, -0.2) is 14.5 Å². The first-order valence-electron chi connectivity index (χ1n) is 6.25. The van der Waals surface area contributed by atoms with E-state index in [-0.39, 0.29) is 11.4 Å². The minimum Gasteiger partial charge on any atom is -0.420 e. The molecule has 10 heteroatoms. The van der Waals surface area contributed by atoms with Gasteiger partial charge in [0, 0.05) is 7.05 Å². The lowest BCUT2D eigenvalue weighted by atomic mass is 10.1. The topological polar surface area (TPSA) is 109 Å². The molecular weight excluding hydrogens is 317 g/mol. The monoisotopic (exact) mass is 332 g/mol. The van der Waals surface area contributed by atoms with Crippen LogP contribution in [0.1, 0.15) is 11.1 Å². The number of guanidine groups is 1. The molecule has 0 radical (unpaired) electrons. The minimum absolute atomic E-state index is 0.212. The molecule has 0 heterocycles. The summed E-state index contributed by atoms with van der Waals surface area (Å²) in [6, 6.07) is 1.60. The number of esters is 1. The van der Waals surface area contributed by atoms with Crippen LogP contribution in [-0.4, -0.2) is 31.2 Å². The highest BCUT2D eigenvalue weighted by molar-refractivity contribution is 6.14. The Bertz CT molecular complexity index is 635. The van der Waals surface area contributed by atoms with Crippen LogP contribution in [0.5, 0.6) is 5.75 Å². The summed E-state index contributed by atoms with van der Waals surface area (Å²) in [6.07, 6.45) is -5.12. The minimum atomic E-state index is -5.12. The number of amides is 2. The van der Waals surface area contributed by atoms with E-state index in [4.69, 9.17) is 11.1 Å². The van der Waals surface area contributed by atoms with Gasteiger partial charge in [0.05, 0.1) is 5.69 Å². The fraction of sp³-hybridized carbons (Fsp3) is 0.308. The summed E-state index contributed by atoms with van der Waals surface area (Å²) in [5.74, 6) is -3.25. The average molecular weight is 332 g/mol. The number of carbonyl (C=O) groups excluding carboxylic acids is 2. The molecule has 0 unspecified atom stereocenters. The Kier molecular flexibility index (Phi) is 5.20. The molecule has 126 valence electrons. The molecule has 0 atom stereocenters. The van der Waals surface area contributed by atoms with Gasteiger partial charge in [-0.2, -0.15) is 13.2 Å². The first-order chi connectivity index (χ1) is 10.5. The number of halogens is 3. The highest BCUT2D eigenvalue weighted by Crippen LogP contribution is 2.30. The van der Waals surface area contributed by atoms with Crippen LogP contribution >= 0.6 is 0 Å². The Balaban J connectivity index is 3.27. The molecule has 7 nitrogen and oxygen atoms in total. The van der Waals surface area contributed by atoms with Crippen molar-refractivity contribution in [2.75, 3.05) is 11.9 Å². The SMILES string of the molecule is CNC(=O)N(C(=N)N)c1c(C)cc(OC(=O)C(F)(F)F)cc1C. The highest BCUT2D eigenvalue weighted by Gasteiger charge is 2.41. The number of nitrogens with two attached hydrogens (primary N) is 1. The summed E-state index contributed by atoms with van der Waals surface area (Å²) in [6.45, 7) is 2.96. The molecule has 0 aliphatic heterocycles. The zero-order chi connectivity index (χ0) is 17.9. The number of ether oxygens (including phenoxy) is 1. The van der Waals surface area contributed by atoms with Crippen LogP contribution in [-0.2, 0) is 4.79 Å². The van der Waals surface area contributed by atoms with E-state index >= 15 is 0 Å². The van der Waals surface area contributed by atoms with Crippen LogP contribution in [0.25, 0.3) is 0 Å². The fourth-order valence-corrected chi connectivity index (χ4v) is 1.94. The molecule has 1 aromatic carbocycles. The molecule has 23 heavy (non-hydrogen) atoms. The highest BCUT2D eigenvalue weighted by atomic mass is 19.4. The van der Waals surface area contributed by atoms with Crippen molar-refractivity contribution in [1.82, 2.24) is 5.32 Å². The molecule has 0 aliphatic carbocycles. The third-order valence-electron chi connectivity index (χ3n) is 2.79. The molecule has 0 aromatic heterocycles. The van der Waals surface area contributed by atoms with E-state index in [1.807, 2.05) is 0 Å². The van der Waals surface area contributed by atoms with Gasteiger partial charge in [0.1, 0.15) is 5.75 Å². The molecular formula is C13H15F3N4O3. The second-order valence-electron chi connectivity index (χ2n) is 4.57. The number of aryl methyl sites for hydroxylation is 2. The second-order valence-corrected chi connectivity index (χ2v) is 4.57. The van der Waals surface area contributed by atoms with Crippen molar-refractivity contribution in [3.8, 4) is 5.75 Å². The van der Waals surface area contributed by atoms with Crippen LogP contribution in [0, 0.1) is 19.3 Å². The second kappa shape index (κ2) is 6.55. The fourth-order valence-electron chi connectivity index (χ4n) is 1.94. The van der Waals surface area contributed by atoms with E-state index in [9.17, 15) is 22.8 Å². The number of hydrogen-bond acceptors (Lipinski definition) is 4. The Labute approximate surface area is 129 Å². The van der Waals surface area contributed by atoms with Crippen LogP contribution in [0.3, 0.4) is 0 Å². The van der Waals surface area contributed by atoms with Gasteiger partial charge in [0.25, 0.3) is 0 Å². The van der Waals surface area contributed by atoms with Crippen LogP contribution in [0.2, 0.25) is 0 Å². The maximum absolute atomic E-state index is 12.2. The zero-order valence-electron chi connectivity index (χ0n) is 12.5. The number of alkyl halides is 3. The lowest BCUT2D eigenvalue weighted by molar-refractivity contribution is -0.189. The lowest BCUT2D eigenvalue weighted by Gasteiger charge is -2.24. The first-order valence-corrected chi connectivity index (χ1v) is 6.25. The van der Waals surface area contributed by atoms with Crippen LogP contribution in [0.15, 0.2) is 12.1 Å². The van der Waals surface area contributed by atoms with Gasteiger partial charge in [0.2, 0.25) is 5.96 Å². The molecule has 1 aromatic rings. The van der Waals surface area contributed by atoms with Gasteiger partial charge < -0.3 is 15.8 Å². The Morgan fingerprint density at radius 2 is 1.74 bits per heavy atom. The standard InChI is InChI=1S/C13H15F3N4O3/c1-6-4-8(23-10(21)13(14,15)16)5-7(2)9(6)20(11(17)18)12(22)19-3/h4-5H,1-3H3,(H3,17,18)(H,19,22). The van der Waals surface area contributed by atoms with E-state index in [1.165, 1.54) is 20.9 Å². The van der Waals surface area contributed by atoms with Crippen molar-refractivity contribution in [1.29, 1.82) is 5.41 Å². The summed E-state index contributed by atoms with van der Waals surface area (Å²) < 4.78 is 40.9. The molecule has 0 saturated carbocycles. The largest absolute Gasteiger partial charge is 0.491 e. The van der Waals surface area contributed by atoms with Crippen molar-refractivity contribution in [2.45, 2.75) is 20.0 Å². The number of rotatable bonds is 2. The zero-order valence-corrected chi connectivity index (χ0v) is 12.5. The van der Waals surface area contributed by atoms with Gasteiger partial charge in [-0.15, -0.1) is 0 Å². The van der Waals surface area contributed by atoms with E-state index in [0.29, 0.717) is 11.1 Å². The molecule has 2 amide bonds. The Morgan fingerprint density at radius 1 is 1.26 bits per heavy atom. The van der Waals surface area contributed by atoms with Crippen molar-refractivity contribution in [2.24, 2.45) is 5.73 Å². The molecule has 1 rings (SSSR count). The maximum Gasteiger partial charge on any atom is 0.491 e. The van der Waals surface area contributed by atoms with Crippen molar-refractivity contribution in [3.63, 3.8) is 0 Å². The van der Waals surface area contributed by atoms with Gasteiger partial charge in [-0.3, -0.25) is 5.41 Å². The number of anilines is 1. The van der Waals surface area contributed by atoms with Gasteiger partial charge in [-0.1, -0.05) is 0 Å². The summed E-state index contributed by atoms with van der Waals surface area (Å²) >= 11 is 0. The Hall–Kier alpha value is -2.78. The van der Waals surface area contributed by atoms with Crippen molar-refractivity contribution < 1.29 is 27.5 Å². The number of benzene rings is 1. The van der Waals surface area contributed by atoms with Crippen LogP contribution < -0.4 is 20.7 Å². The van der Waals surface area contributed by atoms with Crippen molar-refractivity contribution in [3.05, 3.63) is 23.3 Å². The number of nitrogens with zero attached hydrogens (tertiary/aromatic N) is 1. The van der Waals surface area contributed by atoms with Crippen LogP contribution in [0.4, 0.5) is 23.7 Å². The number of hydrogen-bond donors (Lipinski definition) is 3. The molecule has 4 N–H and O–H groups in total.